The van der Waals surface area contributed by atoms with Gasteiger partial charge in [0.2, 0.25) is 5.91 Å². The second kappa shape index (κ2) is 8.68. The summed E-state index contributed by atoms with van der Waals surface area (Å²) in [5.41, 5.74) is 7.19. The molecule has 2 fully saturated rings. The highest BCUT2D eigenvalue weighted by atomic mass is 16.5. The summed E-state index contributed by atoms with van der Waals surface area (Å²) in [5.74, 6) is 1.10. The molecule has 3 atom stereocenters. The minimum Gasteiger partial charge on any atom is -0.497 e. The topological polar surface area (TPSA) is 64.8 Å². The molecule has 0 aromatic heterocycles. The molecule has 0 radical (unpaired) electrons. The fourth-order valence-electron chi connectivity index (χ4n) is 3.97. The lowest BCUT2D eigenvalue weighted by Gasteiger charge is -2.33. The lowest BCUT2D eigenvalue weighted by atomic mass is 9.85. The molecule has 3 rings (SSSR count). The van der Waals surface area contributed by atoms with Crippen molar-refractivity contribution in [2.24, 2.45) is 11.7 Å². The first-order valence-corrected chi connectivity index (χ1v) is 9.44. The van der Waals surface area contributed by atoms with E-state index in [1.165, 1.54) is 0 Å². The number of methoxy groups -OCH3 is 1. The standard InChI is InChI=1S/C20H30N2O3/c1-24-18-8-2-5-15(11-18)13-22(14-19-9-4-10-25-19)20(23)16-6-3-7-17(21)12-16/h2,5,8,11,16-17,19H,3-4,6-7,9-10,12-14,21H2,1H3. The summed E-state index contributed by atoms with van der Waals surface area (Å²) >= 11 is 0. The number of hydrogen-bond acceptors (Lipinski definition) is 4. The highest BCUT2D eigenvalue weighted by Crippen LogP contribution is 2.27. The van der Waals surface area contributed by atoms with Crippen molar-refractivity contribution in [3.63, 3.8) is 0 Å². The van der Waals surface area contributed by atoms with Crippen LogP contribution < -0.4 is 10.5 Å². The summed E-state index contributed by atoms with van der Waals surface area (Å²) in [7, 11) is 1.66. The van der Waals surface area contributed by atoms with E-state index in [1.54, 1.807) is 7.11 Å². The van der Waals surface area contributed by atoms with Gasteiger partial charge in [-0.15, -0.1) is 0 Å². The van der Waals surface area contributed by atoms with Gasteiger partial charge in [-0.3, -0.25) is 4.79 Å². The predicted octanol–water partition coefficient (Wildman–Crippen LogP) is 2.72. The minimum atomic E-state index is 0.0516. The molecule has 2 N–H and O–H groups in total. The number of rotatable bonds is 6. The molecular formula is C20H30N2O3. The van der Waals surface area contributed by atoms with Crippen molar-refractivity contribution in [3.05, 3.63) is 29.8 Å². The first kappa shape index (κ1) is 18.2. The maximum Gasteiger partial charge on any atom is 0.226 e. The third kappa shape index (κ3) is 4.95. The Hall–Kier alpha value is -1.59. The van der Waals surface area contributed by atoms with Gasteiger partial charge in [0, 0.05) is 31.7 Å². The van der Waals surface area contributed by atoms with Crippen LogP contribution in [0.1, 0.15) is 44.1 Å². The van der Waals surface area contributed by atoms with Crippen molar-refractivity contribution in [3.8, 4) is 5.75 Å². The molecule has 5 heteroatoms. The molecule has 138 valence electrons. The smallest absolute Gasteiger partial charge is 0.226 e. The van der Waals surface area contributed by atoms with E-state index in [9.17, 15) is 4.79 Å². The van der Waals surface area contributed by atoms with Crippen LogP contribution in [0, 0.1) is 5.92 Å². The molecule has 1 aromatic carbocycles. The molecule has 2 aliphatic rings. The Kier molecular flexibility index (Phi) is 6.32. The molecule has 1 saturated heterocycles. The first-order chi connectivity index (χ1) is 12.2. The van der Waals surface area contributed by atoms with E-state index in [2.05, 4.69) is 0 Å². The quantitative estimate of drug-likeness (QED) is 0.860. The van der Waals surface area contributed by atoms with Crippen LogP contribution in [0.3, 0.4) is 0 Å². The highest BCUT2D eigenvalue weighted by molar-refractivity contribution is 5.79. The van der Waals surface area contributed by atoms with Crippen LogP contribution >= 0.6 is 0 Å². The molecule has 1 saturated carbocycles. The maximum atomic E-state index is 13.2. The summed E-state index contributed by atoms with van der Waals surface area (Å²) in [4.78, 5) is 15.2. The molecule has 5 nitrogen and oxygen atoms in total. The Balaban J connectivity index is 1.72. The lowest BCUT2D eigenvalue weighted by molar-refractivity contribution is -0.139. The van der Waals surface area contributed by atoms with Gasteiger partial charge in [-0.05, 0) is 49.8 Å². The molecule has 1 heterocycles. The summed E-state index contributed by atoms with van der Waals surface area (Å²) in [5, 5.41) is 0. The highest BCUT2D eigenvalue weighted by Gasteiger charge is 2.31. The fourth-order valence-corrected chi connectivity index (χ4v) is 3.97. The van der Waals surface area contributed by atoms with E-state index in [0.717, 1.165) is 56.4 Å². The van der Waals surface area contributed by atoms with Crippen LogP contribution in [-0.4, -0.2) is 43.2 Å². The van der Waals surface area contributed by atoms with Gasteiger partial charge >= 0.3 is 0 Å². The third-order valence-electron chi connectivity index (χ3n) is 5.33. The fraction of sp³-hybridized carbons (Fsp3) is 0.650. The van der Waals surface area contributed by atoms with Gasteiger partial charge < -0.3 is 20.1 Å². The number of ether oxygens (including phenoxy) is 2. The summed E-state index contributed by atoms with van der Waals surface area (Å²) in [6.45, 7) is 2.07. The predicted molar refractivity (Wildman–Crippen MR) is 97.3 cm³/mol. The number of nitrogens with two attached hydrogens (primary N) is 1. The largest absolute Gasteiger partial charge is 0.497 e. The Morgan fingerprint density at radius 1 is 1.32 bits per heavy atom. The maximum absolute atomic E-state index is 13.2. The van der Waals surface area contributed by atoms with E-state index in [4.69, 9.17) is 15.2 Å². The Morgan fingerprint density at radius 3 is 2.92 bits per heavy atom. The van der Waals surface area contributed by atoms with E-state index in [-0.39, 0.29) is 24.0 Å². The van der Waals surface area contributed by atoms with E-state index in [0.29, 0.717) is 13.1 Å². The Morgan fingerprint density at radius 2 is 2.20 bits per heavy atom. The van der Waals surface area contributed by atoms with Crippen LogP contribution in [0.2, 0.25) is 0 Å². The second-order valence-electron chi connectivity index (χ2n) is 7.33. The number of nitrogens with zero attached hydrogens (tertiary/aromatic N) is 1. The first-order valence-electron chi connectivity index (χ1n) is 9.44. The number of carbonyl (C=O) groups is 1. The average Bonchev–Trinajstić information content (AvgIpc) is 3.14. The van der Waals surface area contributed by atoms with Gasteiger partial charge in [-0.2, -0.15) is 0 Å². The van der Waals surface area contributed by atoms with Crippen LogP contribution in [-0.2, 0) is 16.1 Å². The number of benzene rings is 1. The molecule has 0 bridgehead atoms. The van der Waals surface area contributed by atoms with E-state index in [1.807, 2.05) is 29.2 Å². The molecule has 1 amide bonds. The zero-order chi connectivity index (χ0) is 17.6. The number of amides is 1. The van der Waals surface area contributed by atoms with Crippen molar-refractivity contribution in [2.45, 2.75) is 57.2 Å². The van der Waals surface area contributed by atoms with Gasteiger partial charge in [0.1, 0.15) is 5.75 Å². The van der Waals surface area contributed by atoms with Gasteiger partial charge in [0.15, 0.2) is 0 Å². The molecule has 0 spiro atoms. The van der Waals surface area contributed by atoms with Crippen LogP contribution in [0.15, 0.2) is 24.3 Å². The van der Waals surface area contributed by atoms with E-state index < -0.39 is 0 Å². The average molecular weight is 346 g/mol. The normalized spacial score (nSPS) is 26.4. The van der Waals surface area contributed by atoms with Gasteiger partial charge in [-0.1, -0.05) is 18.6 Å². The van der Waals surface area contributed by atoms with Gasteiger partial charge in [0.05, 0.1) is 13.2 Å². The SMILES string of the molecule is COc1cccc(CN(CC2CCCO2)C(=O)C2CCCC(N)C2)c1. The number of hydrogen-bond donors (Lipinski definition) is 1. The zero-order valence-corrected chi connectivity index (χ0v) is 15.2. The van der Waals surface area contributed by atoms with Gasteiger partial charge in [-0.25, -0.2) is 0 Å². The zero-order valence-electron chi connectivity index (χ0n) is 15.2. The summed E-state index contributed by atoms with van der Waals surface area (Å²) in [6, 6.07) is 8.10. The van der Waals surface area contributed by atoms with Crippen molar-refractivity contribution in [2.75, 3.05) is 20.3 Å². The monoisotopic (exact) mass is 346 g/mol. The Bertz CT molecular complexity index is 572. The molecule has 25 heavy (non-hydrogen) atoms. The van der Waals surface area contributed by atoms with Crippen LogP contribution in [0.4, 0.5) is 0 Å². The van der Waals surface area contributed by atoms with Crippen LogP contribution in [0.25, 0.3) is 0 Å². The summed E-state index contributed by atoms with van der Waals surface area (Å²) in [6.07, 6.45) is 6.11. The third-order valence-corrected chi connectivity index (χ3v) is 5.33. The van der Waals surface area contributed by atoms with Crippen molar-refractivity contribution < 1.29 is 14.3 Å². The van der Waals surface area contributed by atoms with Crippen molar-refractivity contribution in [1.29, 1.82) is 0 Å². The number of carbonyl (C=O) groups excluding carboxylic acids is 1. The minimum absolute atomic E-state index is 0.0516. The molecule has 1 aliphatic carbocycles. The molecule has 3 unspecified atom stereocenters. The van der Waals surface area contributed by atoms with E-state index >= 15 is 0 Å². The second-order valence-corrected chi connectivity index (χ2v) is 7.33. The van der Waals surface area contributed by atoms with Crippen molar-refractivity contribution in [1.82, 2.24) is 4.90 Å². The molecule has 1 aromatic rings. The lowest BCUT2D eigenvalue weighted by Crippen LogP contribution is -2.43. The summed E-state index contributed by atoms with van der Waals surface area (Å²) < 4.78 is 11.1. The van der Waals surface area contributed by atoms with Gasteiger partial charge in [0.25, 0.3) is 0 Å². The molecule has 1 aliphatic heterocycles. The van der Waals surface area contributed by atoms with Crippen molar-refractivity contribution >= 4 is 5.91 Å². The Labute approximate surface area is 150 Å². The molecular weight excluding hydrogens is 316 g/mol. The van der Waals surface area contributed by atoms with Crippen LogP contribution in [0.5, 0.6) is 5.75 Å².